The first-order valence-electron chi connectivity index (χ1n) is 6.09. The molecule has 0 bridgehead atoms. The van der Waals surface area contributed by atoms with Gasteiger partial charge in [0.25, 0.3) is 0 Å². The Labute approximate surface area is 110 Å². The molecule has 1 heterocycles. The van der Waals surface area contributed by atoms with E-state index in [0.717, 1.165) is 12.0 Å². The van der Waals surface area contributed by atoms with Crippen molar-refractivity contribution in [2.24, 2.45) is 5.41 Å². The highest BCUT2D eigenvalue weighted by atomic mass is 16.5. The van der Waals surface area contributed by atoms with Gasteiger partial charge in [-0.2, -0.15) is 0 Å². The number of amides is 1. The topological polar surface area (TPSA) is 88.5 Å². The first kappa shape index (κ1) is 13.3. The Bertz CT molecular complexity index is 497. The molecule has 2 N–H and O–H groups in total. The predicted molar refractivity (Wildman–Crippen MR) is 66.6 cm³/mol. The standard InChI is InChI=1S/C13H16N2O4/c1-19-10-7-9(3-6-14-10)8-15-11(16)13(12(17)18)4-2-5-13/h3,6-7H,2,4-5,8H2,1H3,(H,15,16)(H,17,18). The van der Waals surface area contributed by atoms with Gasteiger partial charge >= 0.3 is 5.97 Å². The largest absolute Gasteiger partial charge is 0.481 e. The van der Waals surface area contributed by atoms with Crippen LogP contribution in [-0.2, 0) is 16.1 Å². The molecule has 1 aliphatic rings. The minimum atomic E-state index is -1.23. The fraction of sp³-hybridized carbons (Fsp3) is 0.462. The number of methoxy groups -OCH3 is 1. The molecule has 0 unspecified atom stereocenters. The summed E-state index contributed by atoms with van der Waals surface area (Å²) in [6.45, 7) is 0.271. The molecule has 0 spiro atoms. The number of ether oxygens (including phenoxy) is 1. The maximum atomic E-state index is 12.0. The van der Waals surface area contributed by atoms with E-state index in [1.165, 1.54) is 7.11 Å². The van der Waals surface area contributed by atoms with E-state index in [1.54, 1.807) is 18.3 Å². The number of nitrogens with zero attached hydrogens (tertiary/aromatic N) is 1. The molecule has 1 aromatic heterocycles. The zero-order valence-electron chi connectivity index (χ0n) is 10.7. The summed E-state index contributed by atoms with van der Waals surface area (Å²) in [7, 11) is 1.51. The number of pyridine rings is 1. The second-order valence-electron chi connectivity index (χ2n) is 4.63. The first-order valence-corrected chi connectivity index (χ1v) is 6.09. The van der Waals surface area contributed by atoms with Crippen LogP contribution in [0.4, 0.5) is 0 Å². The maximum Gasteiger partial charge on any atom is 0.319 e. The Morgan fingerprint density at radius 1 is 1.53 bits per heavy atom. The summed E-state index contributed by atoms with van der Waals surface area (Å²) in [5, 5.41) is 11.8. The average molecular weight is 264 g/mol. The minimum Gasteiger partial charge on any atom is -0.481 e. The number of aromatic nitrogens is 1. The highest BCUT2D eigenvalue weighted by Gasteiger charge is 2.50. The fourth-order valence-corrected chi connectivity index (χ4v) is 2.09. The Balaban J connectivity index is 1.98. The van der Waals surface area contributed by atoms with Crippen molar-refractivity contribution in [3.8, 4) is 5.88 Å². The molecule has 2 rings (SSSR count). The molecule has 1 saturated carbocycles. The van der Waals surface area contributed by atoms with Gasteiger partial charge in [-0.1, -0.05) is 6.42 Å². The lowest BCUT2D eigenvalue weighted by Gasteiger charge is -2.35. The summed E-state index contributed by atoms with van der Waals surface area (Å²) in [5.41, 5.74) is -0.406. The molecule has 6 heteroatoms. The van der Waals surface area contributed by atoms with Gasteiger partial charge in [0, 0.05) is 18.8 Å². The Hall–Kier alpha value is -2.11. The molecule has 0 saturated heterocycles. The normalized spacial score (nSPS) is 16.3. The van der Waals surface area contributed by atoms with Crippen LogP contribution in [0.1, 0.15) is 24.8 Å². The number of nitrogens with one attached hydrogen (secondary N) is 1. The van der Waals surface area contributed by atoms with Crippen molar-refractivity contribution >= 4 is 11.9 Å². The molecule has 0 aromatic carbocycles. The van der Waals surface area contributed by atoms with Gasteiger partial charge in [-0.25, -0.2) is 4.98 Å². The lowest BCUT2D eigenvalue weighted by atomic mass is 9.68. The number of hydrogen-bond donors (Lipinski definition) is 2. The summed E-state index contributed by atoms with van der Waals surface area (Å²) in [5.74, 6) is -0.992. The van der Waals surface area contributed by atoms with E-state index in [0.29, 0.717) is 18.7 Å². The summed E-state index contributed by atoms with van der Waals surface area (Å²) >= 11 is 0. The number of aliphatic carboxylic acids is 1. The summed E-state index contributed by atoms with van der Waals surface area (Å²) < 4.78 is 4.98. The van der Waals surface area contributed by atoms with E-state index in [2.05, 4.69) is 10.3 Å². The van der Waals surface area contributed by atoms with Crippen LogP contribution in [0, 0.1) is 5.41 Å². The number of carboxylic acids is 1. The zero-order valence-corrected chi connectivity index (χ0v) is 10.7. The first-order chi connectivity index (χ1) is 9.08. The second-order valence-corrected chi connectivity index (χ2v) is 4.63. The number of carbonyl (C=O) groups excluding carboxylic acids is 1. The van der Waals surface area contributed by atoms with Crippen molar-refractivity contribution in [3.63, 3.8) is 0 Å². The average Bonchev–Trinajstić information content (AvgIpc) is 2.34. The molecule has 1 amide bonds. The molecule has 19 heavy (non-hydrogen) atoms. The van der Waals surface area contributed by atoms with Gasteiger partial charge in [0.2, 0.25) is 11.8 Å². The molecule has 1 aliphatic carbocycles. The maximum absolute atomic E-state index is 12.0. The Morgan fingerprint density at radius 3 is 2.79 bits per heavy atom. The highest BCUT2D eigenvalue weighted by molar-refractivity contribution is 6.02. The SMILES string of the molecule is COc1cc(CNC(=O)C2(C(=O)O)CCC2)ccn1. The van der Waals surface area contributed by atoms with Gasteiger partial charge in [-0.15, -0.1) is 0 Å². The molecular weight excluding hydrogens is 248 g/mol. The second kappa shape index (κ2) is 5.26. The van der Waals surface area contributed by atoms with Crippen molar-refractivity contribution in [2.75, 3.05) is 7.11 Å². The third kappa shape index (κ3) is 2.52. The van der Waals surface area contributed by atoms with Crippen molar-refractivity contribution in [1.29, 1.82) is 0 Å². The number of rotatable bonds is 5. The molecule has 1 fully saturated rings. The van der Waals surface area contributed by atoms with Crippen LogP contribution < -0.4 is 10.1 Å². The van der Waals surface area contributed by atoms with Crippen LogP contribution in [0.15, 0.2) is 18.3 Å². The smallest absolute Gasteiger partial charge is 0.319 e. The fourth-order valence-electron chi connectivity index (χ4n) is 2.09. The van der Waals surface area contributed by atoms with Crippen LogP contribution >= 0.6 is 0 Å². The monoisotopic (exact) mass is 264 g/mol. The molecule has 0 aliphatic heterocycles. The van der Waals surface area contributed by atoms with E-state index >= 15 is 0 Å². The molecule has 6 nitrogen and oxygen atoms in total. The quantitative estimate of drug-likeness (QED) is 0.773. The number of carbonyl (C=O) groups is 2. The highest BCUT2D eigenvalue weighted by Crippen LogP contribution is 2.41. The van der Waals surface area contributed by atoms with Crippen LogP contribution in [0.5, 0.6) is 5.88 Å². The Morgan fingerprint density at radius 2 is 2.26 bits per heavy atom. The van der Waals surface area contributed by atoms with Crippen LogP contribution in [0.2, 0.25) is 0 Å². The molecule has 0 atom stereocenters. The lowest BCUT2D eigenvalue weighted by Crippen LogP contribution is -2.50. The molecule has 102 valence electrons. The molecular formula is C13H16N2O4. The van der Waals surface area contributed by atoms with E-state index in [9.17, 15) is 9.59 Å². The van der Waals surface area contributed by atoms with Gasteiger partial charge in [0.05, 0.1) is 7.11 Å². The Kier molecular flexibility index (Phi) is 3.69. The van der Waals surface area contributed by atoms with Crippen molar-refractivity contribution in [1.82, 2.24) is 10.3 Å². The van der Waals surface area contributed by atoms with Crippen molar-refractivity contribution in [3.05, 3.63) is 23.9 Å². The lowest BCUT2D eigenvalue weighted by molar-refractivity contribution is -0.162. The van der Waals surface area contributed by atoms with E-state index in [-0.39, 0.29) is 6.54 Å². The van der Waals surface area contributed by atoms with Gasteiger partial charge in [-0.3, -0.25) is 9.59 Å². The third-order valence-corrected chi connectivity index (χ3v) is 3.51. The molecule has 0 radical (unpaired) electrons. The van der Waals surface area contributed by atoms with Crippen LogP contribution in [0.25, 0.3) is 0 Å². The number of carboxylic acid groups (broad SMARTS) is 1. The molecule has 1 aromatic rings. The third-order valence-electron chi connectivity index (χ3n) is 3.51. The van der Waals surface area contributed by atoms with Crippen molar-refractivity contribution < 1.29 is 19.4 Å². The van der Waals surface area contributed by atoms with Gasteiger partial charge in [-0.05, 0) is 24.5 Å². The van der Waals surface area contributed by atoms with Gasteiger partial charge in [0.15, 0.2) is 0 Å². The van der Waals surface area contributed by atoms with Gasteiger partial charge in [0.1, 0.15) is 5.41 Å². The van der Waals surface area contributed by atoms with E-state index in [4.69, 9.17) is 9.84 Å². The number of hydrogen-bond acceptors (Lipinski definition) is 4. The predicted octanol–water partition coefficient (Wildman–Crippen LogP) is 0.961. The summed E-state index contributed by atoms with van der Waals surface area (Å²) in [4.78, 5) is 27.1. The van der Waals surface area contributed by atoms with Crippen LogP contribution in [-0.4, -0.2) is 29.1 Å². The van der Waals surface area contributed by atoms with Gasteiger partial charge < -0.3 is 15.2 Å². The minimum absolute atomic E-state index is 0.271. The summed E-state index contributed by atoms with van der Waals surface area (Å²) in [6.07, 6.45) is 3.18. The van der Waals surface area contributed by atoms with E-state index in [1.807, 2.05) is 0 Å². The van der Waals surface area contributed by atoms with Crippen LogP contribution in [0.3, 0.4) is 0 Å². The zero-order chi connectivity index (χ0) is 13.9. The van der Waals surface area contributed by atoms with E-state index < -0.39 is 17.3 Å². The van der Waals surface area contributed by atoms with Crippen molar-refractivity contribution in [2.45, 2.75) is 25.8 Å². The summed E-state index contributed by atoms with van der Waals surface area (Å²) in [6, 6.07) is 3.45.